The molecule has 0 aromatic heterocycles. The molecule has 0 bridgehead atoms. The van der Waals surface area contributed by atoms with Gasteiger partial charge in [0.2, 0.25) is 5.91 Å². The average molecular weight is 403 g/mol. The van der Waals surface area contributed by atoms with Crippen LogP contribution in [-0.2, 0) is 15.1 Å². The molecule has 8 nitrogen and oxygen atoms in total. The fourth-order valence-corrected chi connectivity index (χ4v) is 4.02. The van der Waals surface area contributed by atoms with Gasteiger partial charge in [-0.1, -0.05) is 31.7 Å². The van der Waals surface area contributed by atoms with E-state index in [1.165, 1.54) is 27.1 Å². The van der Waals surface area contributed by atoms with Gasteiger partial charge in [0.1, 0.15) is 12.1 Å². The number of ether oxygens (including phenoxy) is 2. The first kappa shape index (κ1) is 21.0. The number of nitrogens with zero attached hydrogens (tertiary/aromatic N) is 1. The highest BCUT2D eigenvalue weighted by molar-refractivity contribution is 6.09. The van der Waals surface area contributed by atoms with Crippen LogP contribution in [0.15, 0.2) is 18.2 Å². The largest absolute Gasteiger partial charge is 0.493 e. The minimum atomic E-state index is -1.28. The number of benzene rings is 1. The minimum absolute atomic E-state index is 0.114. The van der Waals surface area contributed by atoms with Crippen molar-refractivity contribution in [1.29, 1.82) is 0 Å². The smallest absolute Gasteiger partial charge is 0.325 e. The van der Waals surface area contributed by atoms with Gasteiger partial charge in [-0.15, -0.1) is 0 Å². The summed E-state index contributed by atoms with van der Waals surface area (Å²) in [7, 11) is 3.03. The van der Waals surface area contributed by atoms with E-state index < -0.39 is 17.5 Å². The van der Waals surface area contributed by atoms with Crippen LogP contribution in [0.2, 0.25) is 0 Å². The van der Waals surface area contributed by atoms with Crippen molar-refractivity contribution in [3.63, 3.8) is 0 Å². The zero-order valence-corrected chi connectivity index (χ0v) is 17.2. The lowest BCUT2D eigenvalue weighted by Crippen LogP contribution is -2.45. The van der Waals surface area contributed by atoms with Gasteiger partial charge in [0.05, 0.1) is 14.2 Å². The lowest BCUT2D eigenvalue weighted by molar-refractivity contribution is -0.135. The Kier molecular flexibility index (Phi) is 6.30. The standard InChI is InChI=1S/C21H29N3O5/c1-21(14-10-11-16(28-2)17(12-14)29-3)19(26)24(20(27)23-21)13-18(25)22-15-8-6-4-5-7-9-15/h10-12,15H,4-9,13H2,1-3H3,(H,22,25)(H,23,27). The molecule has 8 heteroatoms. The highest BCUT2D eigenvalue weighted by Gasteiger charge is 2.49. The first-order valence-corrected chi connectivity index (χ1v) is 10.0. The highest BCUT2D eigenvalue weighted by atomic mass is 16.5. The summed E-state index contributed by atoms with van der Waals surface area (Å²) in [6.45, 7) is 1.34. The molecule has 4 amide bonds. The van der Waals surface area contributed by atoms with Crippen LogP contribution in [0.3, 0.4) is 0 Å². The molecule has 2 fully saturated rings. The van der Waals surface area contributed by atoms with Gasteiger partial charge in [-0.2, -0.15) is 0 Å². The van der Waals surface area contributed by atoms with Gasteiger partial charge in [0.25, 0.3) is 5.91 Å². The number of nitrogens with one attached hydrogen (secondary N) is 2. The molecular formula is C21H29N3O5. The number of carbonyl (C=O) groups excluding carboxylic acids is 3. The van der Waals surface area contributed by atoms with Gasteiger partial charge in [-0.25, -0.2) is 4.79 Å². The maximum Gasteiger partial charge on any atom is 0.325 e. The third-order valence-electron chi connectivity index (χ3n) is 5.76. The number of amides is 4. The molecule has 1 unspecified atom stereocenters. The molecule has 29 heavy (non-hydrogen) atoms. The molecule has 2 aliphatic rings. The lowest BCUT2D eigenvalue weighted by atomic mass is 9.91. The number of imide groups is 1. The van der Waals surface area contributed by atoms with E-state index in [1.807, 2.05) is 0 Å². The summed E-state index contributed by atoms with van der Waals surface area (Å²) in [5, 5.41) is 5.69. The van der Waals surface area contributed by atoms with Gasteiger partial charge >= 0.3 is 6.03 Å². The molecule has 0 radical (unpaired) electrons. The Balaban J connectivity index is 1.72. The van der Waals surface area contributed by atoms with Crippen molar-refractivity contribution in [2.45, 2.75) is 57.0 Å². The molecule has 1 aliphatic heterocycles. The predicted molar refractivity (Wildman–Crippen MR) is 107 cm³/mol. The van der Waals surface area contributed by atoms with Crippen LogP contribution >= 0.6 is 0 Å². The third kappa shape index (κ3) is 4.31. The highest BCUT2D eigenvalue weighted by Crippen LogP contribution is 2.35. The molecule has 1 aromatic rings. The van der Waals surface area contributed by atoms with Gasteiger partial charge < -0.3 is 20.1 Å². The molecule has 3 rings (SSSR count). The minimum Gasteiger partial charge on any atom is -0.493 e. The summed E-state index contributed by atoms with van der Waals surface area (Å²) in [6.07, 6.45) is 6.42. The Labute approximate surface area is 170 Å². The van der Waals surface area contributed by atoms with E-state index in [0.29, 0.717) is 17.1 Å². The van der Waals surface area contributed by atoms with E-state index in [2.05, 4.69) is 10.6 Å². The van der Waals surface area contributed by atoms with E-state index in [-0.39, 0.29) is 18.5 Å². The lowest BCUT2D eigenvalue weighted by Gasteiger charge is -2.23. The number of urea groups is 1. The Morgan fingerprint density at radius 3 is 2.41 bits per heavy atom. The number of rotatable bonds is 6. The second kappa shape index (κ2) is 8.71. The van der Waals surface area contributed by atoms with Crippen molar-refractivity contribution >= 4 is 17.8 Å². The Hall–Kier alpha value is -2.77. The summed E-state index contributed by atoms with van der Waals surface area (Å²) >= 11 is 0. The molecular weight excluding hydrogens is 374 g/mol. The zero-order valence-electron chi connectivity index (χ0n) is 17.2. The van der Waals surface area contributed by atoms with Gasteiger partial charge in [-0.05, 0) is 37.5 Å². The normalized spacial score (nSPS) is 22.8. The second-order valence-corrected chi connectivity index (χ2v) is 7.77. The van der Waals surface area contributed by atoms with Crippen LogP contribution in [0.5, 0.6) is 11.5 Å². The molecule has 1 atom stereocenters. The van der Waals surface area contributed by atoms with Crippen LogP contribution in [0.1, 0.15) is 51.0 Å². The molecule has 2 N–H and O–H groups in total. The summed E-state index contributed by atoms with van der Waals surface area (Å²) in [5.41, 5.74) is -0.723. The topological polar surface area (TPSA) is 97.0 Å². The van der Waals surface area contributed by atoms with Crippen LogP contribution < -0.4 is 20.1 Å². The van der Waals surface area contributed by atoms with Crippen molar-refractivity contribution in [2.24, 2.45) is 0 Å². The summed E-state index contributed by atoms with van der Waals surface area (Å²) in [6, 6.07) is 4.58. The number of hydrogen-bond acceptors (Lipinski definition) is 5. The molecule has 1 saturated heterocycles. The van der Waals surface area contributed by atoms with E-state index in [4.69, 9.17) is 9.47 Å². The molecule has 0 spiro atoms. The molecule has 1 aromatic carbocycles. The molecule has 158 valence electrons. The quantitative estimate of drug-likeness (QED) is 0.561. The van der Waals surface area contributed by atoms with Crippen LogP contribution in [0.25, 0.3) is 0 Å². The summed E-state index contributed by atoms with van der Waals surface area (Å²) in [4.78, 5) is 39.0. The maximum atomic E-state index is 13.1. The van der Waals surface area contributed by atoms with Crippen molar-refractivity contribution in [2.75, 3.05) is 20.8 Å². The second-order valence-electron chi connectivity index (χ2n) is 7.77. The van der Waals surface area contributed by atoms with Crippen LogP contribution in [0.4, 0.5) is 4.79 Å². The first-order chi connectivity index (χ1) is 13.9. The molecule has 1 aliphatic carbocycles. The van der Waals surface area contributed by atoms with Crippen LogP contribution in [0, 0.1) is 0 Å². The maximum absolute atomic E-state index is 13.1. The Morgan fingerprint density at radius 2 is 1.79 bits per heavy atom. The number of carbonyl (C=O) groups is 3. The van der Waals surface area contributed by atoms with E-state index in [9.17, 15) is 14.4 Å². The van der Waals surface area contributed by atoms with Crippen molar-refractivity contribution < 1.29 is 23.9 Å². The van der Waals surface area contributed by atoms with Gasteiger partial charge in [-0.3, -0.25) is 14.5 Å². The van der Waals surface area contributed by atoms with Gasteiger partial charge in [0, 0.05) is 6.04 Å². The fourth-order valence-electron chi connectivity index (χ4n) is 4.02. The Morgan fingerprint density at radius 1 is 1.14 bits per heavy atom. The predicted octanol–water partition coefficient (Wildman–Crippen LogP) is 2.31. The molecule has 1 heterocycles. The van der Waals surface area contributed by atoms with Crippen molar-refractivity contribution in [3.05, 3.63) is 23.8 Å². The summed E-state index contributed by atoms with van der Waals surface area (Å²) in [5.74, 6) is 0.205. The monoisotopic (exact) mass is 403 g/mol. The van der Waals surface area contributed by atoms with E-state index in [1.54, 1.807) is 25.1 Å². The zero-order chi connectivity index (χ0) is 21.0. The van der Waals surface area contributed by atoms with Crippen molar-refractivity contribution in [3.8, 4) is 11.5 Å². The summed E-state index contributed by atoms with van der Waals surface area (Å²) < 4.78 is 10.5. The number of hydrogen-bond donors (Lipinski definition) is 2. The third-order valence-corrected chi connectivity index (χ3v) is 5.76. The van der Waals surface area contributed by atoms with E-state index in [0.717, 1.165) is 30.6 Å². The molecule has 1 saturated carbocycles. The average Bonchev–Trinajstić information content (AvgIpc) is 2.90. The first-order valence-electron chi connectivity index (χ1n) is 10.0. The fraction of sp³-hybridized carbons (Fsp3) is 0.571. The number of methoxy groups -OCH3 is 2. The SMILES string of the molecule is COc1ccc(C2(C)NC(=O)N(CC(=O)NC3CCCCCC3)C2=O)cc1OC. The Bertz CT molecular complexity index is 789. The van der Waals surface area contributed by atoms with Crippen LogP contribution in [-0.4, -0.2) is 49.6 Å². The van der Waals surface area contributed by atoms with E-state index >= 15 is 0 Å². The van der Waals surface area contributed by atoms with Crippen molar-refractivity contribution in [1.82, 2.24) is 15.5 Å². The van der Waals surface area contributed by atoms with Gasteiger partial charge in [0.15, 0.2) is 11.5 Å².